The summed E-state index contributed by atoms with van der Waals surface area (Å²) in [6, 6.07) is 0. The van der Waals surface area contributed by atoms with Crippen LogP contribution in [0.4, 0.5) is 0 Å². The summed E-state index contributed by atoms with van der Waals surface area (Å²) < 4.78 is 0. The number of allylic oxidation sites excluding steroid dienone is 2. The van der Waals surface area contributed by atoms with Crippen molar-refractivity contribution in [2.45, 2.75) is 26.2 Å². The van der Waals surface area contributed by atoms with Crippen LogP contribution < -0.4 is 0 Å². The van der Waals surface area contributed by atoms with Crippen molar-refractivity contribution in [2.24, 2.45) is 11.8 Å². The first-order valence-electron chi connectivity index (χ1n) is 4.03. The number of Topliss-reactive ketones (excluding diaryl/α,β-unsaturated/α-hetero) is 1. The van der Waals surface area contributed by atoms with E-state index in [0.29, 0.717) is 17.6 Å². The first-order valence-corrected chi connectivity index (χ1v) is 4.03. The molecule has 2 rings (SSSR count). The standard InChI is InChI=1S/C9H12O/c1-2-8-6-3-4-7(5-6)9(8)10/h2,6-7H,3-5H2,1H3/b8-2+/t6-,7-/m0/s1. The van der Waals surface area contributed by atoms with E-state index in [4.69, 9.17) is 0 Å². The second kappa shape index (κ2) is 1.94. The van der Waals surface area contributed by atoms with Gasteiger partial charge in [-0.05, 0) is 37.7 Å². The molecule has 0 heterocycles. The number of hydrogen-bond acceptors (Lipinski definition) is 1. The molecule has 0 aromatic rings. The minimum Gasteiger partial charge on any atom is -0.294 e. The first kappa shape index (κ1) is 6.14. The molecule has 0 radical (unpaired) electrons. The van der Waals surface area contributed by atoms with E-state index < -0.39 is 0 Å². The minimum atomic E-state index is 0.413. The van der Waals surface area contributed by atoms with Crippen LogP contribution in [0.2, 0.25) is 0 Å². The monoisotopic (exact) mass is 136 g/mol. The number of rotatable bonds is 0. The van der Waals surface area contributed by atoms with Gasteiger partial charge in [-0.15, -0.1) is 0 Å². The topological polar surface area (TPSA) is 17.1 Å². The van der Waals surface area contributed by atoms with Crippen molar-refractivity contribution in [2.75, 3.05) is 0 Å². The molecular weight excluding hydrogens is 124 g/mol. The summed E-state index contributed by atoms with van der Waals surface area (Å²) in [5, 5.41) is 0. The molecular formula is C9H12O. The molecule has 0 N–H and O–H groups in total. The van der Waals surface area contributed by atoms with Crippen LogP contribution in [0.3, 0.4) is 0 Å². The van der Waals surface area contributed by atoms with Gasteiger partial charge in [0, 0.05) is 5.92 Å². The van der Waals surface area contributed by atoms with Gasteiger partial charge in [0.15, 0.2) is 5.78 Å². The summed E-state index contributed by atoms with van der Waals surface area (Å²) in [6.07, 6.45) is 5.57. The molecule has 2 saturated carbocycles. The molecule has 2 fully saturated rings. The third-order valence-corrected chi connectivity index (χ3v) is 2.84. The Morgan fingerprint density at radius 3 is 2.50 bits per heavy atom. The van der Waals surface area contributed by atoms with Crippen LogP contribution >= 0.6 is 0 Å². The molecule has 0 aromatic carbocycles. The molecule has 1 heteroatoms. The minimum absolute atomic E-state index is 0.413. The Labute approximate surface area is 61.1 Å². The number of carbonyl (C=O) groups excluding carboxylic acids is 1. The van der Waals surface area contributed by atoms with Gasteiger partial charge in [-0.1, -0.05) is 6.08 Å². The molecule has 54 valence electrons. The molecule has 2 bridgehead atoms. The van der Waals surface area contributed by atoms with E-state index in [-0.39, 0.29) is 0 Å². The lowest BCUT2D eigenvalue weighted by atomic mass is 9.94. The second-order valence-electron chi connectivity index (χ2n) is 3.32. The van der Waals surface area contributed by atoms with Crippen LogP contribution in [0.15, 0.2) is 11.6 Å². The molecule has 0 aliphatic heterocycles. The first-order chi connectivity index (χ1) is 4.83. The summed E-state index contributed by atoms with van der Waals surface area (Å²) in [7, 11) is 0. The van der Waals surface area contributed by atoms with Crippen molar-refractivity contribution >= 4 is 5.78 Å². The van der Waals surface area contributed by atoms with Crippen molar-refractivity contribution in [3.05, 3.63) is 11.6 Å². The highest BCUT2D eigenvalue weighted by molar-refractivity contribution is 6.00. The molecule has 0 unspecified atom stereocenters. The largest absolute Gasteiger partial charge is 0.294 e. The van der Waals surface area contributed by atoms with Crippen LogP contribution in [0.1, 0.15) is 26.2 Å². The van der Waals surface area contributed by atoms with Crippen molar-refractivity contribution in [3.8, 4) is 0 Å². The molecule has 1 nitrogen and oxygen atoms in total. The molecule has 2 atom stereocenters. The quantitative estimate of drug-likeness (QED) is 0.465. The smallest absolute Gasteiger partial charge is 0.161 e. The molecule has 10 heavy (non-hydrogen) atoms. The lowest BCUT2D eigenvalue weighted by Gasteiger charge is -2.10. The van der Waals surface area contributed by atoms with Gasteiger partial charge in [0.05, 0.1) is 0 Å². The maximum atomic E-state index is 11.3. The van der Waals surface area contributed by atoms with Crippen LogP contribution in [0.5, 0.6) is 0 Å². The van der Waals surface area contributed by atoms with E-state index in [1.807, 2.05) is 13.0 Å². The highest BCUT2D eigenvalue weighted by Gasteiger charge is 2.41. The normalized spacial score (nSPS) is 41.7. The van der Waals surface area contributed by atoms with Crippen molar-refractivity contribution in [1.82, 2.24) is 0 Å². The van der Waals surface area contributed by atoms with E-state index in [1.54, 1.807) is 0 Å². The second-order valence-corrected chi connectivity index (χ2v) is 3.32. The van der Waals surface area contributed by atoms with Gasteiger partial charge in [0.2, 0.25) is 0 Å². The number of ketones is 1. The molecule has 2 aliphatic carbocycles. The summed E-state index contributed by atoms with van der Waals surface area (Å²) in [5.41, 5.74) is 1.12. The SMILES string of the molecule is C/C=C1/C(=O)[C@H]2CC[C@H]1C2. The Balaban J connectivity index is 2.33. The van der Waals surface area contributed by atoms with Crippen LogP contribution in [0, 0.1) is 11.8 Å². The zero-order chi connectivity index (χ0) is 7.14. The highest BCUT2D eigenvalue weighted by atomic mass is 16.1. The number of hydrogen-bond donors (Lipinski definition) is 0. The highest BCUT2D eigenvalue weighted by Crippen LogP contribution is 2.45. The Hall–Kier alpha value is -0.590. The number of fused-ring (bicyclic) bond motifs is 2. The van der Waals surface area contributed by atoms with E-state index in [1.165, 1.54) is 6.42 Å². The fourth-order valence-electron chi connectivity index (χ4n) is 2.32. The van der Waals surface area contributed by atoms with E-state index in [9.17, 15) is 4.79 Å². The molecule has 0 aromatic heterocycles. The van der Waals surface area contributed by atoms with Gasteiger partial charge in [0.1, 0.15) is 0 Å². The van der Waals surface area contributed by atoms with Crippen molar-refractivity contribution < 1.29 is 4.79 Å². The van der Waals surface area contributed by atoms with E-state index >= 15 is 0 Å². The zero-order valence-electron chi connectivity index (χ0n) is 6.26. The van der Waals surface area contributed by atoms with Crippen molar-refractivity contribution in [3.63, 3.8) is 0 Å². The molecule has 0 spiro atoms. The van der Waals surface area contributed by atoms with Crippen molar-refractivity contribution in [1.29, 1.82) is 0 Å². The van der Waals surface area contributed by atoms with Gasteiger partial charge in [0.25, 0.3) is 0 Å². The number of carbonyl (C=O) groups is 1. The lowest BCUT2D eigenvalue weighted by molar-refractivity contribution is -0.118. The third-order valence-electron chi connectivity index (χ3n) is 2.84. The average Bonchev–Trinajstić information content (AvgIpc) is 2.46. The van der Waals surface area contributed by atoms with Crippen LogP contribution in [0.25, 0.3) is 0 Å². The Morgan fingerprint density at radius 2 is 2.10 bits per heavy atom. The molecule has 0 saturated heterocycles. The van der Waals surface area contributed by atoms with Gasteiger partial charge < -0.3 is 0 Å². The Morgan fingerprint density at radius 1 is 1.40 bits per heavy atom. The maximum Gasteiger partial charge on any atom is 0.161 e. The summed E-state index contributed by atoms with van der Waals surface area (Å²) in [6.45, 7) is 1.98. The van der Waals surface area contributed by atoms with Gasteiger partial charge in [-0.25, -0.2) is 0 Å². The lowest BCUT2D eigenvalue weighted by Crippen LogP contribution is -2.11. The van der Waals surface area contributed by atoms with E-state index in [2.05, 4.69) is 0 Å². The predicted molar refractivity (Wildman–Crippen MR) is 39.6 cm³/mol. The van der Waals surface area contributed by atoms with Gasteiger partial charge in [-0.3, -0.25) is 4.79 Å². The predicted octanol–water partition coefficient (Wildman–Crippen LogP) is 1.93. The fraction of sp³-hybridized carbons (Fsp3) is 0.667. The molecule has 2 aliphatic rings. The Kier molecular flexibility index (Phi) is 1.19. The fourth-order valence-corrected chi connectivity index (χ4v) is 2.32. The van der Waals surface area contributed by atoms with Gasteiger partial charge >= 0.3 is 0 Å². The summed E-state index contributed by atoms with van der Waals surface area (Å²) in [5.74, 6) is 1.50. The van der Waals surface area contributed by atoms with Gasteiger partial charge in [-0.2, -0.15) is 0 Å². The van der Waals surface area contributed by atoms with Crippen LogP contribution in [-0.4, -0.2) is 5.78 Å². The average molecular weight is 136 g/mol. The zero-order valence-corrected chi connectivity index (χ0v) is 6.26. The van der Waals surface area contributed by atoms with E-state index in [0.717, 1.165) is 18.4 Å². The summed E-state index contributed by atoms with van der Waals surface area (Å²) in [4.78, 5) is 11.3. The molecule has 0 amide bonds. The summed E-state index contributed by atoms with van der Waals surface area (Å²) >= 11 is 0. The van der Waals surface area contributed by atoms with Crippen LogP contribution in [-0.2, 0) is 4.79 Å². The Bertz CT molecular complexity index is 203. The third kappa shape index (κ3) is 0.606. The maximum absolute atomic E-state index is 11.3.